The summed E-state index contributed by atoms with van der Waals surface area (Å²) in [5.41, 5.74) is 4.51. The van der Waals surface area contributed by atoms with E-state index in [0.717, 1.165) is 35.5 Å². The van der Waals surface area contributed by atoms with Crippen LogP contribution in [0.2, 0.25) is 0 Å². The number of benzene rings is 3. The van der Waals surface area contributed by atoms with Crippen molar-refractivity contribution >= 4 is 17.7 Å². The van der Waals surface area contributed by atoms with Crippen LogP contribution in [-0.2, 0) is 4.74 Å². The number of piperazine rings is 1. The minimum absolute atomic E-state index is 0.0483. The van der Waals surface area contributed by atoms with E-state index in [2.05, 4.69) is 27.2 Å². The summed E-state index contributed by atoms with van der Waals surface area (Å²) in [6, 6.07) is 25.4. The van der Waals surface area contributed by atoms with Gasteiger partial charge in [0, 0.05) is 56.5 Å². The van der Waals surface area contributed by atoms with E-state index in [-0.39, 0.29) is 18.1 Å². The molecule has 2 aliphatic rings. The maximum absolute atomic E-state index is 13.1. The van der Waals surface area contributed by atoms with Crippen LogP contribution in [0.25, 0.3) is 22.5 Å². The molecule has 0 N–H and O–H groups in total. The molecule has 0 aliphatic carbocycles. The first kappa shape index (κ1) is 24.8. The van der Waals surface area contributed by atoms with Crippen LogP contribution >= 0.6 is 0 Å². The zero-order valence-corrected chi connectivity index (χ0v) is 21.7. The molecule has 0 spiro atoms. The first-order valence-electron chi connectivity index (χ1n) is 13.1. The monoisotopic (exact) mass is 523 g/mol. The Morgan fingerprint density at radius 3 is 2.21 bits per heavy atom. The molecule has 1 atom stereocenters. The third kappa shape index (κ3) is 5.39. The summed E-state index contributed by atoms with van der Waals surface area (Å²) >= 11 is 0. The average Bonchev–Trinajstić information content (AvgIpc) is 3.58. The third-order valence-electron chi connectivity index (χ3n) is 7.20. The number of carbonyl (C=O) groups excluding carboxylic acids is 2. The van der Waals surface area contributed by atoms with Crippen molar-refractivity contribution in [2.24, 2.45) is 0 Å². The van der Waals surface area contributed by atoms with Crippen LogP contribution in [0.1, 0.15) is 16.2 Å². The van der Waals surface area contributed by atoms with Gasteiger partial charge in [0.15, 0.2) is 0 Å². The Morgan fingerprint density at radius 1 is 0.872 bits per heavy atom. The fourth-order valence-corrected chi connectivity index (χ4v) is 5.07. The highest BCUT2D eigenvalue weighted by Gasteiger charge is 2.34. The van der Waals surface area contributed by atoms with Gasteiger partial charge in [-0.05, 0) is 47.5 Å². The van der Waals surface area contributed by atoms with Crippen molar-refractivity contribution in [1.82, 2.24) is 19.9 Å². The molecule has 1 unspecified atom stereocenters. The summed E-state index contributed by atoms with van der Waals surface area (Å²) in [6.07, 6.45) is -0.583. The maximum Gasteiger partial charge on any atom is 0.414 e. The van der Waals surface area contributed by atoms with Gasteiger partial charge < -0.3 is 14.2 Å². The van der Waals surface area contributed by atoms with Crippen molar-refractivity contribution in [3.63, 3.8) is 0 Å². The summed E-state index contributed by atoms with van der Waals surface area (Å²) in [5, 5.41) is 3.93. The maximum atomic E-state index is 13.1. The predicted octanol–water partition coefficient (Wildman–Crippen LogP) is 4.50. The Morgan fingerprint density at radius 2 is 1.54 bits per heavy atom. The van der Waals surface area contributed by atoms with E-state index in [0.29, 0.717) is 43.5 Å². The van der Waals surface area contributed by atoms with E-state index in [1.54, 1.807) is 11.8 Å². The van der Waals surface area contributed by atoms with Gasteiger partial charge in [-0.25, -0.2) is 4.79 Å². The number of amides is 2. The van der Waals surface area contributed by atoms with E-state index in [1.807, 2.05) is 71.6 Å². The molecule has 1 aromatic heterocycles. The van der Waals surface area contributed by atoms with E-state index >= 15 is 0 Å². The molecule has 0 saturated carbocycles. The SMILES string of the molecule is Cc1nc(-c2ccc(N3CC(CN4CCN(C(=O)c5ccc(-c6ccccc6)cc5)CC4)OC3=O)cc2)no1. The second-order valence-corrected chi connectivity index (χ2v) is 9.84. The number of nitrogens with zero attached hydrogens (tertiary/aromatic N) is 5. The zero-order valence-electron chi connectivity index (χ0n) is 21.7. The minimum Gasteiger partial charge on any atom is -0.443 e. The van der Waals surface area contributed by atoms with Crippen LogP contribution in [-0.4, -0.2) is 77.3 Å². The molecule has 198 valence electrons. The topological polar surface area (TPSA) is 92.0 Å². The van der Waals surface area contributed by atoms with Crippen molar-refractivity contribution in [2.45, 2.75) is 13.0 Å². The Bertz CT molecular complexity index is 1440. The molecule has 39 heavy (non-hydrogen) atoms. The first-order valence-corrected chi connectivity index (χ1v) is 13.1. The number of hydrogen-bond acceptors (Lipinski definition) is 7. The molecule has 0 bridgehead atoms. The average molecular weight is 524 g/mol. The third-order valence-corrected chi connectivity index (χ3v) is 7.20. The first-order chi connectivity index (χ1) is 19.0. The summed E-state index contributed by atoms with van der Waals surface area (Å²) in [7, 11) is 0. The molecule has 4 aromatic rings. The van der Waals surface area contributed by atoms with Crippen molar-refractivity contribution < 1.29 is 18.8 Å². The number of cyclic esters (lactones) is 1. The van der Waals surface area contributed by atoms with Crippen LogP contribution in [0.3, 0.4) is 0 Å². The van der Waals surface area contributed by atoms with Gasteiger partial charge >= 0.3 is 6.09 Å². The second-order valence-electron chi connectivity index (χ2n) is 9.84. The summed E-state index contributed by atoms with van der Waals surface area (Å²) in [6.45, 7) is 5.61. The van der Waals surface area contributed by atoms with Crippen LogP contribution < -0.4 is 4.90 Å². The lowest BCUT2D eigenvalue weighted by Gasteiger charge is -2.35. The largest absolute Gasteiger partial charge is 0.443 e. The van der Waals surface area contributed by atoms with Crippen molar-refractivity contribution in [3.8, 4) is 22.5 Å². The molecule has 2 fully saturated rings. The molecule has 0 radical (unpaired) electrons. The molecule has 2 saturated heterocycles. The summed E-state index contributed by atoms with van der Waals surface area (Å²) < 4.78 is 10.7. The molecule has 9 nitrogen and oxygen atoms in total. The highest BCUT2D eigenvalue weighted by Crippen LogP contribution is 2.26. The van der Waals surface area contributed by atoms with Gasteiger partial charge in [0.2, 0.25) is 11.7 Å². The van der Waals surface area contributed by atoms with Crippen LogP contribution in [0.15, 0.2) is 83.4 Å². The zero-order chi connectivity index (χ0) is 26.8. The van der Waals surface area contributed by atoms with E-state index < -0.39 is 0 Å². The van der Waals surface area contributed by atoms with Crippen molar-refractivity contribution in [1.29, 1.82) is 0 Å². The van der Waals surface area contributed by atoms with Crippen molar-refractivity contribution in [3.05, 3.63) is 90.3 Å². The Kier molecular flexibility index (Phi) is 6.81. The van der Waals surface area contributed by atoms with Crippen LogP contribution in [0, 0.1) is 6.92 Å². The molecule has 2 amide bonds. The van der Waals surface area contributed by atoms with Gasteiger partial charge in [-0.2, -0.15) is 4.98 Å². The second kappa shape index (κ2) is 10.7. The van der Waals surface area contributed by atoms with Gasteiger partial charge in [0.25, 0.3) is 5.91 Å². The standard InChI is InChI=1S/C30H29N5O4/c1-21-31-28(32-39-21)24-11-13-26(14-12-24)35-20-27(38-30(35)37)19-33-15-17-34(18-16-33)29(36)25-9-7-23(8-10-25)22-5-3-2-4-6-22/h2-14,27H,15-20H2,1H3. The van der Waals surface area contributed by atoms with Gasteiger partial charge in [0.1, 0.15) is 6.10 Å². The number of ether oxygens (including phenoxy) is 1. The highest BCUT2D eigenvalue weighted by molar-refractivity contribution is 5.95. The summed E-state index contributed by atoms with van der Waals surface area (Å²) in [4.78, 5) is 35.7. The lowest BCUT2D eigenvalue weighted by Crippen LogP contribution is -2.50. The van der Waals surface area contributed by atoms with E-state index in [9.17, 15) is 9.59 Å². The number of carbonyl (C=O) groups is 2. The fraction of sp³-hybridized carbons (Fsp3) is 0.267. The van der Waals surface area contributed by atoms with Crippen LogP contribution in [0.4, 0.5) is 10.5 Å². The fourth-order valence-electron chi connectivity index (χ4n) is 5.07. The Labute approximate surface area is 226 Å². The highest BCUT2D eigenvalue weighted by atomic mass is 16.6. The number of anilines is 1. The number of hydrogen-bond donors (Lipinski definition) is 0. The Balaban J connectivity index is 1.00. The van der Waals surface area contributed by atoms with Gasteiger partial charge in [-0.15, -0.1) is 0 Å². The van der Waals surface area contributed by atoms with Crippen molar-refractivity contribution in [2.75, 3.05) is 44.2 Å². The van der Waals surface area contributed by atoms with Gasteiger partial charge in [-0.1, -0.05) is 47.6 Å². The molecule has 2 aliphatic heterocycles. The lowest BCUT2D eigenvalue weighted by molar-refractivity contribution is 0.0552. The van der Waals surface area contributed by atoms with Gasteiger partial charge in [-0.3, -0.25) is 14.6 Å². The molecule has 9 heteroatoms. The predicted molar refractivity (Wildman–Crippen MR) is 146 cm³/mol. The number of aromatic nitrogens is 2. The normalized spacial score (nSPS) is 17.9. The number of rotatable bonds is 6. The van der Waals surface area contributed by atoms with E-state index in [4.69, 9.17) is 9.26 Å². The van der Waals surface area contributed by atoms with E-state index in [1.165, 1.54) is 0 Å². The Hall–Kier alpha value is -4.50. The lowest BCUT2D eigenvalue weighted by atomic mass is 10.0. The van der Waals surface area contributed by atoms with Crippen LogP contribution in [0.5, 0.6) is 0 Å². The molecular weight excluding hydrogens is 494 g/mol. The molecular formula is C30H29N5O4. The molecule has 6 rings (SSSR count). The summed E-state index contributed by atoms with van der Waals surface area (Å²) in [5.74, 6) is 1.07. The quantitative estimate of drug-likeness (QED) is 0.368. The smallest absolute Gasteiger partial charge is 0.414 e. The van der Waals surface area contributed by atoms with Gasteiger partial charge in [0.05, 0.1) is 6.54 Å². The molecule has 3 aromatic carbocycles. The molecule has 3 heterocycles. The minimum atomic E-state index is -0.351. The number of aryl methyl sites for hydroxylation is 1.